The molecule has 0 radical (unpaired) electrons. The molecular formula is C16H20FN5OS. The lowest BCUT2D eigenvalue weighted by Gasteiger charge is -2.35. The Morgan fingerprint density at radius 2 is 2.17 bits per heavy atom. The molecule has 0 bridgehead atoms. The van der Waals surface area contributed by atoms with E-state index in [1.165, 1.54) is 12.1 Å². The van der Waals surface area contributed by atoms with Crippen molar-refractivity contribution in [2.24, 2.45) is 10.7 Å². The molecule has 1 aromatic heterocycles. The molecule has 1 fully saturated rings. The highest BCUT2D eigenvalue weighted by Crippen LogP contribution is 2.18. The van der Waals surface area contributed by atoms with Crippen LogP contribution in [-0.2, 0) is 0 Å². The van der Waals surface area contributed by atoms with Gasteiger partial charge in [0.1, 0.15) is 18.2 Å². The lowest BCUT2D eigenvalue weighted by atomic mass is 10.3. The lowest BCUT2D eigenvalue weighted by Crippen LogP contribution is -2.51. The Labute approximate surface area is 144 Å². The number of guanidine groups is 1. The molecule has 2 N–H and O–H groups in total. The van der Waals surface area contributed by atoms with E-state index >= 15 is 0 Å². The summed E-state index contributed by atoms with van der Waals surface area (Å²) in [6.45, 7) is 4.20. The van der Waals surface area contributed by atoms with Gasteiger partial charge in [-0.1, -0.05) is 6.07 Å². The summed E-state index contributed by atoms with van der Waals surface area (Å²) in [7, 11) is 0. The molecule has 0 aliphatic carbocycles. The van der Waals surface area contributed by atoms with E-state index < -0.39 is 0 Å². The molecule has 8 heteroatoms. The van der Waals surface area contributed by atoms with E-state index in [-0.39, 0.29) is 5.82 Å². The first-order chi connectivity index (χ1) is 11.7. The predicted molar refractivity (Wildman–Crippen MR) is 94.3 cm³/mol. The summed E-state index contributed by atoms with van der Waals surface area (Å²) >= 11 is 1.65. The number of halogens is 1. The van der Waals surface area contributed by atoms with Crippen LogP contribution in [0.5, 0.6) is 5.75 Å². The summed E-state index contributed by atoms with van der Waals surface area (Å²) in [6.07, 6.45) is 1.82. The second-order valence-corrected chi connectivity index (χ2v) is 6.21. The number of benzene rings is 1. The van der Waals surface area contributed by atoms with Crippen LogP contribution in [0, 0.1) is 5.82 Å². The number of ether oxygens (including phenoxy) is 1. The first-order valence-corrected chi connectivity index (χ1v) is 8.68. The van der Waals surface area contributed by atoms with E-state index in [2.05, 4.69) is 19.8 Å². The van der Waals surface area contributed by atoms with Crippen molar-refractivity contribution in [1.82, 2.24) is 9.88 Å². The summed E-state index contributed by atoms with van der Waals surface area (Å²) in [4.78, 5) is 13.0. The summed E-state index contributed by atoms with van der Waals surface area (Å²) in [5.74, 6) is 0.714. The molecule has 0 unspecified atom stereocenters. The molecule has 128 valence electrons. The van der Waals surface area contributed by atoms with Gasteiger partial charge in [-0.2, -0.15) is 0 Å². The second-order valence-electron chi connectivity index (χ2n) is 5.33. The van der Waals surface area contributed by atoms with Gasteiger partial charge in [-0.25, -0.2) is 14.4 Å². The number of aromatic nitrogens is 1. The topological polar surface area (TPSA) is 67.0 Å². The number of thiazole rings is 1. The van der Waals surface area contributed by atoms with Crippen LogP contribution in [-0.4, -0.2) is 55.2 Å². The molecule has 2 heterocycles. The minimum absolute atomic E-state index is 0.311. The van der Waals surface area contributed by atoms with Gasteiger partial charge in [0.05, 0.1) is 6.54 Å². The van der Waals surface area contributed by atoms with Crippen molar-refractivity contribution >= 4 is 22.4 Å². The van der Waals surface area contributed by atoms with Gasteiger partial charge in [0.2, 0.25) is 0 Å². The monoisotopic (exact) mass is 349 g/mol. The van der Waals surface area contributed by atoms with E-state index in [4.69, 9.17) is 10.5 Å². The van der Waals surface area contributed by atoms with Gasteiger partial charge in [-0.15, -0.1) is 11.3 Å². The van der Waals surface area contributed by atoms with Crippen molar-refractivity contribution in [3.63, 3.8) is 0 Å². The standard InChI is InChI=1S/C16H20FN5OS/c17-13-2-1-3-14(12-13)23-10-4-19-15(18)21-6-8-22(9-7-21)16-20-5-11-24-16/h1-3,5,11-12H,4,6-10H2,(H2,18,19). The maximum atomic E-state index is 13.0. The van der Waals surface area contributed by atoms with Crippen molar-refractivity contribution in [2.75, 3.05) is 44.2 Å². The second kappa shape index (κ2) is 7.96. The summed E-state index contributed by atoms with van der Waals surface area (Å²) in [5, 5.41) is 3.03. The predicted octanol–water partition coefficient (Wildman–Crippen LogP) is 1.80. The molecule has 1 aromatic carbocycles. The summed E-state index contributed by atoms with van der Waals surface area (Å²) < 4.78 is 18.5. The smallest absolute Gasteiger partial charge is 0.191 e. The average molecular weight is 349 g/mol. The minimum Gasteiger partial charge on any atom is -0.492 e. The van der Waals surface area contributed by atoms with Gasteiger partial charge in [-0.3, -0.25) is 0 Å². The number of aliphatic imine (C=N–C) groups is 1. The highest BCUT2D eigenvalue weighted by atomic mass is 32.1. The fraction of sp³-hybridized carbons (Fsp3) is 0.375. The van der Waals surface area contributed by atoms with Crippen molar-refractivity contribution < 1.29 is 9.13 Å². The Morgan fingerprint density at radius 1 is 1.33 bits per heavy atom. The first kappa shape index (κ1) is 16.5. The third-order valence-electron chi connectivity index (χ3n) is 3.72. The Balaban J connectivity index is 1.41. The lowest BCUT2D eigenvalue weighted by molar-refractivity contribution is 0.324. The molecule has 3 rings (SSSR count). The van der Waals surface area contributed by atoms with Crippen LogP contribution in [0.15, 0.2) is 40.8 Å². The molecule has 0 atom stereocenters. The minimum atomic E-state index is -0.311. The highest BCUT2D eigenvalue weighted by molar-refractivity contribution is 7.13. The Bertz CT molecular complexity index is 671. The third kappa shape index (κ3) is 4.35. The van der Waals surface area contributed by atoms with Crippen LogP contribution in [0.2, 0.25) is 0 Å². The molecule has 1 saturated heterocycles. The van der Waals surface area contributed by atoms with Crippen LogP contribution >= 0.6 is 11.3 Å². The van der Waals surface area contributed by atoms with E-state index in [0.717, 1.165) is 31.3 Å². The van der Waals surface area contributed by atoms with E-state index in [0.29, 0.717) is 24.9 Å². The van der Waals surface area contributed by atoms with Gasteiger partial charge in [-0.05, 0) is 12.1 Å². The molecule has 2 aromatic rings. The fourth-order valence-corrected chi connectivity index (χ4v) is 3.18. The first-order valence-electron chi connectivity index (χ1n) is 7.80. The Kier molecular flexibility index (Phi) is 5.47. The number of piperazine rings is 1. The van der Waals surface area contributed by atoms with Gasteiger partial charge < -0.3 is 20.3 Å². The van der Waals surface area contributed by atoms with Crippen molar-refractivity contribution in [3.05, 3.63) is 41.7 Å². The molecule has 1 aliphatic heterocycles. The van der Waals surface area contributed by atoms with Gasteiger partial charge in [0, 0.05) is 43.8 Å². The number of hydrogen-bond donors (Lipinski definition) is 1. The molecular weight excluding hydrogens is 329 g/mol. The van der Waals surface area contributed by atoms with Gasteiger partial charge in [0.15, 0.2) is 11.1 Å². The fourth-order valence-electron chi connectivity index (χ4n) is 2.48. The van der Waals surface area contributed by atoms with Crippen LogP contribution < -0.4 is 15.4 Å². The Morgan fingerprint density at radius 3 is 2.88 bits per heavy atom. The van der Waals surface area contributed by atoms with E-state index in [1.807, 2.05) is 11.6 Å². The molecule has 0 spiro atoms. The molecule has 1 aliphatic rings. The Hall–Kier alpha value is -2.35. The largest absolute Gasteiger partial charge is 0.492 e. The zero-order chi connectivity index (χ0) is 16.8. The van der Waals surface area contributed by atoms with Gasteiger partial charge in [0.25, 0.3) is 0 Å². The van der Waals surface area contributed by atoms with Crippen molar-refractivity contribution in [2.45, 2.75) is 0 Å². The summed E-state index contributed by atoms with van der Waals surface area (Å²) in [6, 6.07) is 6.07. The SMILES string of the molecule is NC(=NCCOc1cccc(F)c1)N1CCN(c2nccs2)CC1. The van der Waals surface area contributed by atoms with Crippen LogP contribution in [0.25, 0.3) is 0 Å². The average Bonchev–Trinajstić information content (AvgIpc) is 3.13. The van der Waals surface area contributed by atoms with E-state index in [1.54, 1.807) is 23.5 Å². The maximum absolute atomic E-state index is 13.0. The number of rotatable bonds is 5. The zero-order valence-corrected chi connectivity index (χ0v) is 14.1. The van der Waals surface area contributed by atoms with E-state index in [9.17, 15) is 4.39 Å². The number of anilines is 1. The molecule has 0 saturated carbocycles. The summed E-state index contributed by atoms with van der Waals surface area (Å²) in [5.41, 5.74) is 6.04. The number of hydrogen-bond acceptors (Lipinski definition) is 5. The number of nitrogens with zero attached hydrogens (tertiary/aromatic N) is 4. The van der Waals surface area contributed by atoms with Crippen LogP contribution in [0.4, 0.5) is 9.52 Å². The highest BCUT2D eigenvalue weighted by Gasteiger charge is 2.19. The quantitative estimate of drug-likeness (QED) is 0.506. The molecule has 6 nitrogen and oxygen atoms in total. The molecule has 24 heavy (non-hydrogen) atoms. The number of nitrogens with two attached hydrogens (primary N) is 1. The van der Waals surface area contributed by atoms with Gasteiger partial charge >= 0.3 is 0 Å². The van der Waals surface area contributed by atoms with Crippen molar-refractivity contribution in [1.29, 1.82) is 0 Å². The third-order valence-corrected chi connectivity index (χ3v) is 4.56. The molecule has 0 amide bonds. The van der Waals surface area contributed by atoms with Crippen molar-refractivity contribution in [3.8, 4) is 5.75 Å². The van der Waals surface area contributed by atoms with Crippen LogP contribution in [0.1, 0.15) is 0 Å². The maximum Gasteiger partial charge on any atom is 0.191 e. The van der Waals surface area contributed by atoms with Crippen LogP contribution in [0.3, 0.4) is 0 Å². The zero-order valence-electron chi connectivity index (χ0n) is 13.3. The normalized spacial score (nSPS) is 15.6.